The summed E-state index contributed by atoms with van der Waals surface area (Å²) in [6, 6.07) is 0. The Bertz CT molecular complexity index is 341. The third-order valence-corrected chi connectivity index (χ3v) is 0.999. The van der Waals surface area contributed by atoms with E-state index in [1.165, 1.54) is 0 Å². The summed E-state index contributed by atoms with van der Waals surface area (Å²) in [4.78, 5) is 0.463. The van der Waals surface area contributed by atoms with E-state index in [0.717, 1.165) is 0 Å². The molecule has 0 aliphatic rings. The topological polar surface area (TPSA) is 211 Å². The first-order chi connectivity index (χ1) is 7.38. The summed E-state index contributed by atoms with van der Waals surface area (Å²) in [5, 5.41) is 44.2. The van der Waals surface area contributed by atoms with Gasteiger partial charge >= 0.3 is 0 Å². The molecule has 8 N–H and O–H groups in total. The number of H-pyrrole nitrogens is 1. The maximum Gasteiger partial charge on any atom is 0.263 e. The van der Waals surface area contributed by atoms with Gasteiger partial charge in [0.15, 0.2) is 0 Å². The van der Waals surface area contributed by atoms with Crippen LogP contribution >= 0.6 is 0 Å². The summed E-state index contributed by atoms with van der Waals surface area (Å²) in [7, 11) is 0. The Morgan fingerprint density at radius 3 is 2.20 bits per heavy atom. The average molecular weight is 220 g/mol. The van der Waals surface area contributed by atoms with Crippen molar-refractivity contribution in [1.82, 2.24) is 41.0 Å². The van der Waals surface area contributed by atoms with Crippen molar-refractivity contribution in [3.8, 4) is 11.6 Å². The van der Waals surface area contributed by atoms with Crippen LogP contribution in [-0.2, 0) is 0 Å². The van der Waals surface area contributed by atoms with Gasteiger partial charge in [-0.2, -0.15) is 5.21 Å². The van der Waals surface area contributed by atoms with Crippen LogP contribution in [0, 0.1) is 0 Å². The highest BCUT2D eigenvalue weighted by Gasteiger charge is 2.11. The van der Waals surface area contributed by atoms with E-state index in [-0.39, 0.29) is 11.6 Å². The van der Waals surface area contributed by atoms with E-state index >= 15 is 0 Å². The second-order valence-electron chi connectivity index (χ2n) is 1.63. The Kier molecular flexibility index (Phi) is 6.14. The highest BCUT2D eigenvalue weighted by Crippen LogP contribution is 2.03. The highest BCUT2D eigenvalue weighted by molar-refractivity contribution is 5.38. The quantitative estimate of drug-likeness (QED) is 0.207. The van der Waals surface area contributed by atoms with Crippen molar-refractivity contribution in [2.45, 2.75) is 0 Å². The molecule has 0 spiro atoms. The van der Waals surface area contributed by atoms with E-state index in [9.17, 15) is 0 Å². The minimum absolute atomic E-state index is 0.0405. The molecule has 0 unspecified atom stereocenters. The highest BCUT2D eigenvalue weighted by atomic mass is 16.5. The van der Waals surface area contributed by atoms with Gasteiger partial charge in [-0.05, 0) is 15.6 Å². The molecule has 0 aliphatic heterocycles. The molecular formula is C2H8N10O3. The minimum atomic E-state index is 0.0405. The van der Waals surface area contributed by atoms with Crippen molar-refractivity contribution in [3.63, 3.8) is 0 Å². The number of nitrogens with zero attached hydrogens (tertiary/aromatic N) is 7. The molecule has 13 heteroatoms. The molecule has 0 atom stereocenters. The first kappa shape index (κ1) is 12.8. The fourth-order valence-electron chi connectivity index (χ4n) is 0.573. The van der Waals surface area contributed by atoms with Crippen LogP contribution in [0.4, 0.5) is 0 Å². The minimum Gasteiger partial charge on any atom is -0.409 e. The lowest BCUT2D eigenvalue weighted by atomic mass is 10.6. The molecule has 0 aliphatic carbocycles. The van der Waals surface area contributed by atoms with Crippen LogP contribution < -0.4 is 11.8 Å². The van der Waals surface area contributed by atoms with Crippen molar-refractivity contribution in [2.75, 3.05) is 0 Å². The summed E-state index contributed by atoms with van der Waals surface area (Å²) in [6.07, 6.45) is 0. The molecule has 15 heavy (non-hydrogen) atoms. The molecule has 2 aromatic heterocycles. The maximum atomic E-state index is 8.88. The molecule has 13 nitrogen and oxygen atoms in total. The lowest BCUT2D eigenvalue weighted by Crippen LogP contribution is -1.97. The molecule has 0 fully saturated rings. The van der Waals surface area contributed by atoms with E-state index in [1.54, 1.807) is 0 Å². The number of tetrazole rings is 2. The normalized spacial score (nSPS) is 8.27. The number of aromatic nitrogens is 8. The predicted molar refractivity (Wildman–Crippen MR) is 40.1 cm³/mol. The lowest BCUT2D eigenvalue weighted by molar-refractivity contribution is 0.147. The fraction of sp³-hybridized carbons (Fsp3) is 0. The van der Waals surface area contributed by atoms with Crippen molar-refractivity contribution < 1.29 is 15.6 Å². The number of nitrogens with two attached hydrogens (primary N) is 2. The molecular weight excluding hydrogens is 212 g/mol. The molecule has 0 saturated carbocycles. The summed E-state index contributed by atoms with van der Waals surface area (Å²) < 4.78 is 0. The summed E-state index contributed by atoms with van der Waals surface area (Å²) in [5.41, 5.74) is 0. The van der Waals surface area contributed by atoms with Crippen LogP contribution in [0.25, 0.3) is 11.6 Å². The second-order valence-corrected chi connectivity index (χ2v) is 1.63. The largest absolute Gasteiger partial charge is 0.409 e. The molecule has 2 rings (SSSR count). The van der Waals surface area contributed by atoms with Gasteiger partial charge in [0.2, 0.25) is 5.82 Å². The van der Waals surface area contributed by atoms with Crippen molar-refractivity contribution >= 4 is 0 Å². The molecule has 0 saturated heterocycles. The van der Waals surface area contributed by atoms with Crippen LogP contribution in [-0.4, -0.2) is 56.6 Å². The summed E-state index contributed by atoms with van der Waals surface area (Å²) in [5.74, 6) is 7.18. The molecule has 84 valence electrons. The molecule has 2 aromatic rings. The van der Waals surface area contributed by atoms with Gasteiger partial charge in [0, 0.05) is 0 Å². The van der Waals surface area contributed by atoms with Crippen molar-refractivity contribution in [2.24, 2.45) is 11.8 Å². The standard InChI is InChI=1S/C2H2N8O.2H3NO/c11-10-2(5-8-9-10)1-3-6-7-4-1;2*1-2/h11H,(H,3,4,6,7);2*2H,1H2. The first-order valence-corrected chi connectivity index (χ1v) is 3.11. The van der Waals surface area contributed by atoms with Crippen LogP contribution in [0.2, 0.25) is 0 Å². The molecule has 0 radical (unpaired) electrons. The van der Waals surface area contributed by atoms with Gasteiger partial charge in [-0.15, -0.1) is 15.3 Å². The third kappa shape index (κ3) is 3.19. The van der Waals surface area contributed by atoms with Gasteiger partial charge in [0.1, 0.15) is 0 Å². The lowest BCUT2D eigenvalue weighted by Gasteiger charge is -1.85. The second kappa shape index (κ2) is 7.21. The van der Waals surface area contributed by atoms with Crippen molar-refractivity contribution in [3.05, 3.63) is 0 Å². The zero-order valence-electron chi connectivity index (χ0n) is 7.13. The van der Waals surface area contributed by atoms with Gasteiger partial charge in [0.05, 0.1) is 0 Å². The van der Waals surface area contributed by atoms with E-state index in [2.05, 4.69) is 47.9 Å². The maximum absolute atomic E-state index is 8.88. The fourth-order valence-corrected chi connectivity index (χ4v) is 0.573. The van der Waals surface area contributed by atoms with Crippen molar-refractivity contribution in [1.29, 1.82) is 0 Å². The smallest absolute Gasteiger partial charge is 0.263 e. The zero-order chi connectivity index (χ0) is 11.7. The first-order valence-electron chi connectivity index (χ1n) is 3.11. The average Bonchev–Trinajstić information content (AvgIpc) is 2.94. The number of hydrogen-bond acceptors (Lipinski definition) is 11. The van der Waals surface area contributed by atoms with Crippen LogP contribution in [0.1, 0.15) is 0 Å². The van der Waals surface area contributed by atoms with Gasteiger partial charge in [-0.1, -0.05) is 4.85 Å². The molecule has 2 heterocycles. The number of rotatable bonds is 1. The SMILES string of the molecule is NO.NO.On1nnnc1-c1nn[nH]n1. The Morgan fingerprint density at radius 2 is 1.80 bits per heavy atom. The molecule has 0 aromatic carbocycles. The number of nitrogens with one attached hydrogen (secondary N) is 1. The molecule has 0 amide bonds. The number of aromatic amines is 1. The van der Waals surface area contributed by atoms with Gasteiger partial charge in [-0.25, -0.2) is 11.8 Å². The Labute approximate surface area is 81.2 Å². The van der Waals surface area contributed by atoms with Crippen LogP contribution in [0.3, 0.4) is 0 Å². The third-order valence-electron chi connectivity index (χ3n) is 0.999. The van der Waals surface area contributed by atoms with Gasteiger partial charge in [0.25, 0.3) is 5.82 Å². The van der Waals surface area contributed by atoms with E-state index in [4.69, 9.17) is 15.6 Å². The van der Waals surface area contributed by atoms with Gasteiger partial charge in [-0.3, -0.25) is 0 Å². The zero-order valence-corrected chi connectivity index (χ0v) is 7.13. The Balaban J connectivity index is 0.000000442. The Hall–Kier alpha value is -2.22. The predicted octanol–water partition coefficient (Wildman–Crippen LogP) is -3.24. The van der Waals surface area contributed by atoms with E-state index in [1.807, 2.05) is 0 Å². The summed E-state index contributed by atoms with van der Waals surface area (Å²) in [6.45, 7) is 0. The summed E-state index contributed by atoms with van der Waals surface area (Å²) >= 11 is 0. The number of hydrogen-bond donors (Lipinski definition) is 6. The van der Waals surface area contributed by atoms with Crippen LogP contribution in [0.5, 0.6) is 0 Å². The van der Waals surface area contributed by atoms with E-state index < -0.39 is 0 Å². The van der Waals surface area contributed by atoms with Gasteiger partial charge < -0.3 is 15.6 Å². The monoisotopic (exact) mass is 220 g/mol. The van der Waals surface area contributed by atoms with E-state index in [0.29, 0.717) is 4.85 Å². The van der Waals surface area contributed by atoms with Crippen LogP contribution in [0.15, 0.2) is 0 Å². The Morgan fingerprint density at radius 1 is 1.13 bits per heavy atom. The molecule has 0 bridgehead atoms.